The second-order valence-electron chi connectivity index (χ2n) is 4.78. The van der Waals surface area contributed by atoms with Crippen LogP contribution in [0.5, 0.6) is 0 Å². The largest absolute Gasteiger partial charge is 0.469 e. The van der Waals surface area contributed by atoms with Crippen LogP contribution >= 0.6 is 11.3 Å². The van der Waals surface area contributed by atoms with Gasteiger partial charge in [0.2, 0.25) is 0 Å². The lowest BCUT2D eigenvalue weighted by molar-refractivity contribution is -0.140. The highest BCUT2D eigenvalue weighted by Crippen LogP contribution is 2.14. The van der Waals surface area contributed by atoms with E-state index in [2.05, 4.69) is 18.6 Å². The highest BCUT2D eigenvalue weighted by molar-refractivity contribution is 7.12. The van der Waals surface area contributed by atoms with E-state index in [1.165, 1.54) is 18.4 Å². The van der Waals surface area contributed by atoms with Crippen molar-refractivity contribution in [1.29, 1.82) is 0 Å². The molecule has 1 aromatic rings. The lowest BCUT2D eigenvalue weighted by Gasteiger charge is -2.22. The summed E-state index contributed by atoms with van der Waals surface area (Å²) in [6.07, 6.45) is 1.17. The first kappa shape index (κ1) is 15.7. The first-order chi connectivity index (χ1) is 9.04. The topological polar surface area (TPSA) is 46.6 Å². The van der Waals surface area contributed by atoms with Crippen molar-refractivity contribution >= 4 is 23.2 Å². The van der Waals surface area contributed by atoms with Crippen molar-refractivity contribution in [3.8, 4) is 0 Å². The van der Waals surface area contributed by atoms with E-state index in [0.29, 0.717) is 23.9 Å². The van der Waals surface area contributed by atoms with Gasteiger partial charge in [0, 0.05) is 13.1 Å². The highest BCUT2D eigenvalue weighted by Gasteiger charge is 2.18. The molecule has 0 atom stereocenters. The average Bonchev–Trinajstić information content (AvgIpc) is 2.91. The first-order valence-corrected chi connectivity index (χ1v) is 7.32. The maximum atomic E-state index is 12.3. The SMILES string of the molecule is COC(=O)CCN(CCC(C)C)C(=O)c1cccs1. The van der Waals surface area contributed by atoms with Crippen LogP contribution in [-0.2, 0) is 9.53 Å². The molecule has 0 fully saturated rings. The van der Waals surface area contributed by atoms with Gasteiger partial charge in [-0.25, -0.2) is 0 Å². The van der Waals surface area contributed by atoms with E-state index in [1.807, 2.05) is 17.5 Å². The number of hydrogen-bond donors (Lipinski definition) is 0. The minimum Gasteiger partial charge on any atom is -0.469 e. The zero-order valence-corrected chi connectivity index (χ0v) is 12.5. The van der Waals surface area contributed by atoms with Crippen LogP contribution in [0.1, 0.15) is 36.4 Å². The molecule has 0 spiro atoms. The van der Waals surface area contributed by atoms with Crippen LogP contribution in [-0.4, -0.2) is 37.0 Å². The van der Waals surface area contributed by atoms with Gasteiger partial charge in [0.15, 0.2) is 0 Å². The van der Waals surface area contributed by atoms with Gasteiger partial charge in [0.25, 0.3) is 5.91 Å². The minimum absolute atomic E-state index is 0.000414. The molecule has 0 aromatic carbocycles. The predicted molar refractivity (Wildman–Crippen MR) is 76.3 cm³/mol. The Morgan fingerprint density at radius 2 is 2.11 bits per heavy atom. The molecule has 4 nitrogen and oxygen atoms in total. The highest BCUT2D eigenvalue weighted by atomic mass is 32.1. The van der Waals surface area contributed by atoms with Crippen LogP contribution in [0.2, 0.25) is 0 Å². The van der Waals surface area contributed by atoms with Crippen LogP contribution in [0.4, 0.5) is 0 Å². The Morgan fingerprint density at radius 1 is 1.37 bits per heavy atom. The Labute approximate surface area is 118 Å². The fraction of sp³-hybridized carbons (Fsp3) is 0.571. The number of amides is 1. The van der Waals surface area contributed by atoms with Gasteiger partial charge in [-0.1, -0.05) is 19.9 Å². The normalized spacial score (nSPS) is 10.5. The smallest absolute Gasteiger partial charge is 0.307 e. The molecule has 19 heavy (non-hydrogen) atoms. The van der Waals surface area contributed by atoms with Gasteiger partial charge in [-0.05, 0) is 23.8 Å². The molecule has 0 saturated carbocycles. The Kier molecular flexibility index (Phi) is 6.56. The third kappa shape index (κ3) is 5.42. The Balaban J connectivity index is 2.62. The summed E-state index contributed by atoms with van der Waals surface area (Å²) in [4.78, 5) is 26.0. The molecular weight excluding hydrogens is 262 g/mol. The summed E-state index contributed by atoms with van der Waals surface area (Å²) in [5, 5.41) is 1.88. The van der Waals surface area contributed by atoms with Gasteiger partial charge in [-0.15, -0.1) is 11.3 Å². The molecule has 106 valence electrons. The summed E-state index contributed by atoms with van der Waals surface area (Å²) in [6.45, 7) is 5.32. The molecule has 0 aliphatic heterocycles. The summed E-state index contributed by atoms with van der Waals surface area (Å²) >= 11 is 1.43. The molecule has 1 rings (SSSR count). The van der Waals surface area contributed by atoms with E-state index in [4.69, 9.17) is 0 Å². The second-order valence-corrected chi connectivity index (χ2v) is 5.73. The summed E-state index contributed by atoms with van der Waals surface area (Å²) < 4.78 is 4.62. The first-order valence-electron chi connectivity index (χ1n) is 6.44. The van der Waals surface area contributed by atoms with Crippen molar-refractivity contribution < 1.29 is 14.3 Å². The van der Waals surface area contributed by atoms with E-state index in [1.54, 1.807) is 4.90 Å². The summed E-state index contributed by atoms with van der Waals surface area (Å²) in [7, 11) is 1.36. The van der Waals surface area contributed by atoms with E-state index < -0.39 is 0 Å². The molecule has 0 N–H and O–H groups in total. The van der Waals surface area contributed by atoms with Gasteiger partial charge < -0.3 is 9.64 Å². The lowest BCUT2D eigenvalue weighted by Crippen LogP contribution is -2.34. The number of esters is 1. The number of hydrogen-bond acceptors (Lipinski definition) is 4. The van der Waals surface area contributed by atoms with Crippen LogP contribution in [0.3, 0.4) is 0 Å². The van der Waals surface area contributed by atoms with E-state index in [-0.39, 0.29) is 18.3 Å². The maximum Gasteiger partial charge on any atom is 0.307 e. The maximum absolute atomic E-state index is 12.3. The van der Waals surface area contributed by atoms with Gasteiger partial charge in [0.1, 0.15) is 0 Å². The minimum atomic E-state index is -0.284. The van der Waals surface area contributed by atoms with Crippen molar-refractivity contribution in [2.45, 2.75) is 26.7 Å². The fourth-order valence-electron chi connectivity index (χ4n) is 1.61. The summed E-state index contributed by atoms with van der Waals surface area (Å²) in [5.74, 6) is 0.241. The molecule has 0 bridgehead atoms. The quantitative estimate of drug-likeness (QED) is 0.723. The van der Waals surface area contributed by atoms with E-state index in [0.717, 1.165) is 6.42 Å². The third-order valence-corrected chi connectivity index (χ3v) is 3.67. The molecular formula is C14H21NO3S. The van der Waals surface area contributed by atoms with Crippen molar-refractivity contribution in [3.05, 3.63) is 22.4 Å². The third-order valence-electron chi connectivity index (χ3n) is 2.81. The molecule has 0 aliphatic carbocycles. The standard InChI is InChI=1S/C14H21NO3S/c1-11(2)6-8-15(9-7-13(16)18-3)14(17)12-5-4-10-19-12/h4-5,10-11H,6-9H2,1-3H3. The zero-order chi connectivity index (χ0) is 14.3. The van der Waals surface area contributed by atoms with Crippen LogP contribution in [0.15, 0.2) is 17.5 Å². The van der Waals surface area contributed by atoms with Crippen LogP contribution < -0.4 is 0 Å². The van der Waals surface area contributed by atoms with Gasteiger partial charge in [-0.3, -0.25) is 9.59 Å². The van der Waals surface area contributed by atoms with E-state index in [9.17, 15) is 9.59 Å². The number of nitrogens with zero attached hydrogens (tertiary/aromatic N) is 1. The number of methoxy groups -OCH3 is 1. The zero-order valence-electron chi connectivity index (χ0n) is 11.7. The second kappa shape index (κ2) is 7.94. The van der Waals surface area contributed by atoms with Gasteiger partial charge in [0.05, 0.1) is 18.4 Å². The number of thiophene rings is 1. The lowest BCUT2D eigenvalue weighted by atomic mass is 10.1. The van der Waals surface area contributed by atoms with Gasteiger partial charge in [-0.2, -0.15) is 0 Å². The van der Waals surface area contributed by atoms with Crippen molar-refractivity contribution in [2.75, 3.05) is 20.2 Å². The molecule has 5 heteroatoms. The predicted octanol–water partition coefficient (Wildman–Crippen LogP) is 2.80. The Bertz CT molecular complexity index is 401. The molecule has 1 amide bonds. The summed E-state index contributed by atoms with van der Waals surface area (Å²) in [6, 6.07) is 3.67. The molecule has 1 heterocycles. The molecule has 0 unspecified atom stereocenters. The monoisotopic (exact) mass is 283 g/mol. The Hall–Kier alpha value is -1.36. The van der Waals surface area contributed by atoms with Crippen molar-refractivity contribution in [3.63, 3.8) is 0 Å². The van der Waals surface area contributed by atoms with Crippen LogP contribution in [0.25, 0.3) is 0 Å². The number of carbonyl (C=O) groups excluding carboxylic acids is 2. The van der Waals surface area contributed by atoms with E-state index >= 15 is 0 Å². The molecule has 0 radical (unpaired) electrons. The number of rotatable bonds is 7. The number of ether oxygens (including phenoxy) is 1. The van der Waals surface area contributed by atoms with Crippen LogP contribution in [0, 0.1) is 5.92 Å². The fourth-order valence-corrected chi connectivity index (χ4v) is 2.30. The van der Waals surface area contributed by atoms with Gasteiger partial charge >= 0.3 is 5.97 Å². The Morgan fingerprint density at radius 3 is 2.63 bits per heavy atom. The molecule has 1 aromatic heterocycles. The van der Waals surface area contributed by atoms with Crippen molar-refractivity contribution in [2.24, 2.45) is 5.92 Å². The number of carbonyl (C=O) groups is 2. The molecule has 0 saturated heterocycles. The van der Waals surface area contributed by atoms with Crippen molar-refractivity contribution in [1.82, 2.24) is 4.90 Å². The average molecular weight is 283 g/mol. The summed E-state index contributed by atoms with van der Waals surface area (Å²) in [5.41, 5.74) is 0. The molecule has 0 aliphatic rings.